The van der Waals surface area contributed by atoms with Gasteiger partial charge in [-0.15, -0.1) is 0 Å². The highest BCUT2D eigenvalue weighted by Gasteiger charge is 2.31. The van der Waals surface area contributed by atoms with E-state index in [0.29, 0.717) is 34.1 Å². The summed E-state index contributed by atoms with van der Waals surface area (Å²) in [4.78, 5) is 40.6. The van der Waals surface area contributed by atoms with Crippen LogP contribution in [0.15, 0.2) is 40.5 Å². The molecule has 1 aliphatic carbocycles. The molecule has 0 aromatic carbocycles. The van der Waals surface area contributed by atoms with Crippen LogP contribution in [0.2, 0.25) is 0 Å². The summed E-state index contributed by atoms with van der Waals surface area (Å²) in [5.74, 6) is 1.07. The van der Waals surface area contributed by atoms with Gasteiger partial charge < -0.3 is 14.8 Å². The second kappa shape index (κ2) is 11.2. The van der Waals surface area contributed by atoms with Crippen LogP contribution in [0.4, 0.5) is 5.82 Å². The Hall–Kier alpha value is -4.04. The van der Waals surface area contributed by atoms with Crippen molar-refractivity contribution in [3.05, 3.63) is 52.6 Å². The number of anilines is 1. The minimum atomic E-state index is -3.36. The van der Waals surface area contributed by atoms with E-state index in [0.717, 1.165) is 18.5 Å². The molecule has 14 heteroatoms. The highest BCUT2D eigenvalue weighted by molar-refractivity contribution is 7.91. The average molecular weight is 567 g/mol. The van der Waals surface area contributed by atoms with Crippen molar-refractivity contribution in [1.82, 2.24) is 34.5 Å². The number of ether oxygens (including phenoxy) is 2. The number of sulfone groups is 1. The first kappa shape index (κ1) is 27.5. The summed E-state index contributed by atoms with van der Waals surface area (Å²) in [6.45, 7) is 3.85. The van der Waals surface area contributed by atoms with Crippen molar-refractivity contribution >= 4 is 26.8 Å². The number of aromatic nitrogens is 7. The summed E-state index contributed by atoms with van der Waals surface area (Å²) in [5, 5.41) is 3.04. The number of pyridine rings is 1. The molecule has 0 spiro atoms. The van der Waals surface area contributed by atoms with Crippen molar-refractivity contribution in [2.45, 2.75) is 50.1 Å². The molecule has 1 N–H and O–H groups in total. The smallest absolute Gasteiger partial charge is 0.295 e. The number of hydrogen-bond donors (Lipinski definition) is 1. The van der Waals surface area contributed by atoms with Gasteiger partial charge in [0.15, 0.2) is 27.1 Å². The molecule has 0 unspecified atom stereocenters. The molecule has 1 aliphatic rings. The maximum atomic E-state index is 13.7. The quantitative estimate of drug-likeness (QED) is 0.282. The molecule has 4 aromatic rings. The van der Waals surface area contributed by atoms with E-state index in [4.69, 9.17) is 14.5 Å². The van der Waals surface area contributed by atoms with Crippen molar-refractivity contribution in [2.24, 2.45) is 0 Å². The lowest BCUT2D eigenvalue weighted by atomic mass is 10.1. The molecule has 0 saturated heterocycles. The van der Waals surface area contributed by atoms with Crippen LogP contribution in [0.3, 0.4) is 0 Å². The van der Waals surface area contributed by atoms with Crippen molar-refractivity contribution in [1.29, 1.82) is 0 Å². The molecule has 1 atom stereocenters. The lowest BCUT2D eigenvalue weighted by Crippen LogP contribution is -2.30. The van der Waals surface area contributed by atoms with Gasteiger partial charge in [-0.3, -0.25) is 14.3 Å². The number of methoxy groups -OCH3 is 2. The molecule has 4 heterocycles. The molecule has 40 heavy (non-hydrogen) atoms. The zero-order valence-electron chi connectivity index (χ0n) is 22.7. The Labute approximate surface area is 231 Å². The van der Waals surface area contributed by atoms with E-state index in [-0.39, 0.29) is 41.6 Å². The summed E-state index contributed by atoms with van der Waals surface area (Å²) in [5.41, 5.74) is 2.31. The third kappa shape index (κ3) is 5.36. The summed E-state index contributed by atoms with van der Waals surface area (Å²) < 4.78 is 36.5. The Balaban J connectivity index is 1.55. The van der Waals surface area contributed by atoms with Crippen molar-refractivity contribution < 1.29 is 17.9 Å². The topological polar surface area (TPSA) is 164 Å². The summed E-state index contributed by atoms with van der Waals surface area (Å²) in [6, 6.07) is 2.73. The number of fused-ring (bicyclic) bond motifs is 1. The number of nitrogens with one attached hydrogen (secondary N) is 1. The number of nitrogens with zero attached hydrogens (tertiary/aromatic N) is 7. The lowest BCUT2D eigenvalue weighted by molar-refractivity contribution is 0.162. The number of hydrogen-bond acceptors (Lipinski definition) is 12. The largest absolute Gasteiger partial charge is 0.480 e. The predicted octanol–water partition coefficient (Wildman–Crippen LogP) is 2.54. The van der Waals surface area contributed by atoms with Crippen LogP contribution in [0.1, 0.15) is 50.0 Å². The zero-order chi connectivity index (χ0) is 28.4. The van der Waals surface area contributed by atoms with Gasteiger partial charge in [0.25, 0.3) is 5.56 Å². The maximum absolute atomic E-state index is 13.7. The van der Waals surface area contributed by atoms with Crippen LogP contribution in [0.5, 0.6) is 5.88 Å². The summed E-state index contributed by atoms with van der Waals surface area (Å²) in [7, 11) is -0.261. The first-order valence-electron chi connectivity index (χ1n) is 12.9. The summed E-state index contributed by atoms with van der Waals surface area (Å²) in [6.07, 6.45) is 6.37. The van der Waals surface area contributed by atoms with Gasteiger partial charge in [0.1, 0.15) is 17.4 Å². The van der Waals surface area contributed by atoms with Crippen molar-refractivity contribution in [3.8, 4) is 17.3 Å². The highest BCUT2D eigenvalue weighted by atomic mass is 32.2. The Morgan fingerprint density at radius 3 is 2.55 bits per heavy atom. The van der Waals surface area contributed by atoms with Gasteiger partial charge >= 0.3 is 0 Å². The fraction of sp³-hybridized carbons (Fsp3) is 0.423. The van der Waals surface area contributed by atoms with Gasteiger partial charge in [-0.1, -0.05) is 6.92 Å². The van der Waals surface area contributed by atoms with Gasteiger partial charge in [-0.2, -0.15) is 0 Å². The average Bonchev–Trinajstić information content (AvgIpc) is 3.81. The second-order valence-electron chi connectivity index (χ2n) is 9.50. The Morgan fingerprint density at radius 2 is 1.90 bits per heavy atom. The molecule has 0 amide bonds. The normalized spacial score (nSPS) is 14.3. The monoisotopic (exact) mass is 566 g/mol. The SMILES string of the molecule is CCS(=O)(=O)c1ccc(CNc2nc3cnc(-c4c(OC)ncnc4C4CC4)nc3n([C@@H](C)COC)c2=O)nc1. The van der Waals surface area contributed by atoms with E-state index in [1.807, 2.05) is 6.92 Å². The molecule has 1 fully saturated rings. The Bertz CT molecular complexity index is 1710. The van der Waals surface area contributed by atoms with Crippen LogP contribution in [0.25, 0.3) is 22.6 Å². The van der Waals surface area contributed by atoms with Gasteiger partial charge in [0.05, 0.1) is 54.5 Å². The molecule has 13 nitrogen and oxygen atoms in total. The van der Waals surface area contributed by atoms with E-state index < -0.39 is 15.4 Å². The zero-order valence-corrected chi connectivity index (χ0v) is 23.5. The van der Waals surface area contributed by atoms with Crippen LogP contribution >= 0.6 is 0 Å². The van der Waals surface area contributed by atoms with Gasteiger partial charge in [-0.05, 0) is 31.9 Å². The molecule has 0 bridgehead atoms. The molecule has 0 radical (unpaired) electrons. The molecular formula is C26H30N8O5S. The molecule has 4 aromatic heterocycles. The lowest BCUT2D eigenvalue weighted by Gasteiger charge is -2.18. The van der Waals surface area contributed by atoms with Gasteiger partial charge in [0.2, 0.25) is 5.88 Å². The number of rotatable bonds is 11. The van der Waals surface area contributed by atoms with Crippen LogP contribution in [-0.2, 0) is 21.1 Å². The van der Waals surface area contributed by atoms with Crippen molar-refractivity contribution in [2.75, 3.05) is 31.9 Å². The molecule has 5 rings (SSSR count). The van der Waals surface area contributed by atoms with Crippen LogP contribution in [0, 0.1) is 0 Å². The first-order chi connectivity index (χ1) is 19.3. The molecular weight excluding hydrogens is 536 g/mol. The van der Waals surface area contributed by atoms with E-state index in [1.165, 1.54) is 30.3 Å². The van der Waals surface area contributed by atoms with Gasteiger partial charge in [0, 0.05) is 19.2 Å². The standard InChI is InChI=1S/C26H30N8O5S/c1-5-40(36,37)18-9-8-17(27-11-18)10-28-23-26(35)34(15(2)13-38-3)24-19(32-23)12-29-22(33-24)20-21(16-6-7-16)30-14-31-25(20)39-4/h8-9,11-12,14-16H,5-7,10,13H2,1-4H3,(H,28,32)/t15-/m0/s1. The Morgan fingerprint density at radius 1 is 1.10 bits per heavy atom. The van der Waals surface area contributed by atoms with E-state index >= 15 is 0 Å². The fourth-order valence-corrected chi connectivity index (χ4v) is 5.24. The van der Waals surface area contributed by atoms with E-state index in [2.05, 4.69) is 30.2 Å². The van der Waals surface area contributed by atoms with Gasteiger partial charge in [-0.25, -0.2) is 33.3 Å². The van der Waals surface area contributed by atoms with Crippen LogP contribution in [-0.4, -0.2) is 69.5 Å². The first-order valence-corrected chi connectivity index (χ1v) is 14.5. The Kier molecular flexibility index (Phi) is 7.72. The fourth-order valence-electron chi connectivity index (χ4n) is 4.42. The predicted molar refractivity (Wildman–Crippen MR) is 147 cm³/mol. The van der Waals surface area contributed by atoms with E-state index in [9.17, 15) is 13.2 Å². The third-order valence-electron chi connectivity index (χ3n) is 6.68. The minimum absolute atomic E-state index is 0.0117. The van der Waals surface area contributed by atoms with Crippen molar-refractivity contribution in [3.63, 3.8) is 0 Å². The second-order valence-corrected chi connectivity index (χ2v) is 11.8. The highest BCUT2D eigenvalue weighted by Crippen LogP contribution is 2.44. The minimum Gasteiger partial charge on any atom is -0.480 e. The molecule has 0 aliphatic heterocycles. The van der Waals surface area contributed by atoms with E-state index in [1.54, 1.807) is 26.3 Å². The maximum Gasteiger partial charge on any atom is 0.295 e. The molecule has 210 valence electrons. The molecule has 1 saturated carbocycles. The third-order valence-corrected chi connectivity index (χ3v) is 8.40. The van der Waals surface area contributed by atoms with Crippen LogP contribution < -0.4 is 15.6 Å². The summed E-state index contributed by atoms with van der Waals surface area (Å²) >= 11 is 0.